The standard InChI is InChI=1S/C10H6ClNO2.C2H6/c11-7-8(12)10(14)6-4-2-1-3-5(6)9(7)13;1-2/h1-4H,12H2;1-2H3. The molecule has 0 saturated carbocycles. The van der Waals surface area contributed by atoms with Crippen molar-refractivity contribution < 1.29 is 9.59 Å². The Hall–Kier alpha value is -1.61. The molecular weight excluding hydrogens is 226 g/mol. The monoisotopic (exact) mass is 237 g/mol. The Morgan fingerprint density at radius 1 is 1.00 bits per heavy atom. The van der Waals surface area contributed by atoms with Crippen molar-refractivity contribution in [3.63, 3.8) is 0 Å². The minimum atomic E-state index is -0.389. The minimum absolute atomic E-state index is 0.171. The summed E-state index contributed by atoms with van der Waals surface area (Å²) in [7, 11) is 0. The average molecular weight is 238 g/mol. The number of Topliss-reactive ketones (excluding diaryl/α,β-unsaturated/α-hetero) is 2. The third-order valence-electron chi connectivity index (χ3n) is 2.10. The fourth-order valence-electron chi connectivity index (χ4n) is 1.36. The summed E-state index contributed by atoms with van der Waals surface area (Å²) in [4.78, 5) is 23.1. The first-order valence-corrected chi connectivity index (χ1v) is 5.34. The number of fused-ring (bicyclic) bond motifs is 1. The van der Waals surface area contributed by atoms with Crippen molar-refractivity contribution in [2.75, 3.05) is 0 Å². The number of ketones is 2. The number of benzene rings is 1. The molecule has 0 radical (unpaired) electrons. The van der Waals surface area contributed by atoms with Gasteiger partial charge in [0.2, 0.25) is 11.6 Å². The van der Waals surface area contributed by atoms with Crippen LogP contribution in [0.25, 0.3) is 0 Å². The van der Waals surface area contributed by atoms with E-state index in [1.54, 1.807) is 24.3 Å². The van der Waals surface area contributed by atoms with E-state index < -0.39 is 0 Å². The van der Waals surface area contributed by atoms with Crippen molar-refractivity contribution in [3.8, 4) is 0 Å². The molecule has 1 aliphatic rings. The molecule has 2 N–H and O–H groups in total. The van der Waals surface area contributed by atoms with E-state index in [0.717, 1.165) is 0 Å². The van der Waals surface area contributed by atoms with Crippen molar-refractivity contribution in [2.45, 2.75) is 13.8 Å². The third-order valence-corrected chi connectivity index (χ3v) is 2.47. The molecule has 0 heterocycles. The smallest absolute Gasteiger partial charge is 0.211 e. The zero-order valence-corrected chi connectivity index (χ0v) is 9.84. The maximum absolute atomic E-state index is 11.6. The second kappa shape index (κ2) is 4.94. The molecule has 16 heavy (non-hydrogen) atoms. The number of halogens is 1. The number of hydrogen-bond acceptors (Lipinski definition) is 3. The lowest BCUT2D eigenvalue weighted by molar-refractivity contribution is 0.0979. The highest BCUT2D eigenvalue weighted by Gasteiger charge is 2.29. The third kappa shape index (κ3) is 1.86. The first-order chi connectivity index (χ1) is 7.63. The molecule has 1 aromatic carbocycles. The zero-order chi connectivity index (χ0) is 12.3. The van der Waals surface area contributed by atoms with Gasteiger partial charge in [0.25, 0.3) is 0 Å². The molecule has 0 atom stereocenters. The largest absolute Gasteiger partial charge is 0.394 e. The summed E-state index contributed by atoms with van der Waals surface area (Å²) < 4.78 is 0. The second-order valence-electron chi connectivity index (χ2n) is 2.93. The molecule has 0 aliphatic heterocycles. The predicted octanol–water partition coefficient (Wildman–Crippen LogP) is 2.50. The predicted molar refractivity (Wildman–Crippen MR) is 63.5 cm³/mol. The fourth-order valence-corrected chi connectivity index (χ4v) is 1.55. The molecule has 84 valence electrons. The van der Waals surface area contributed by atoms with Gasteiger partial charge in [-0.3, -0.25) is 9.59 Å². The molecule has 0 aromatic heterocycles. The number of hydrogen-bond donors (Lipinski definition) is 1. The van der Waals surface area contributed by atoms with Crippen LogP contribution in [0.1, 0.15) is 34.6 Å². The molecule has 0 saturated heterocycles. The molecule has 1 aromatic rings. The van der Waals surface area contributed by atoms with Gasteiger partial charge in [0.05, 0.1) is 0 Å². The van der Waals surface area contributed by atoms with Crippen LogP contribution in [0.2, 0.25) is 0 Å². The summed E-state index contributed by atoms with van der Waals surface area (Å²) in [6, 6.07) is 6.47. The van der Waals surface area contributed by atoms with Crippen LogP contribution in [0.4, 0.5) is 0 Å². The summed E-state index contributed by atoms with van der Waals surface area (Å²) in [5.41, 5.74) is 5.87. The number of allylic oxidation sites excluding steroid dienone is 2. The SMILES string of the molecule is CC.NC1=C(Cl)C(=O)c2ccccc2C1=O. The molecule has 1 aliphatic carbocycles. The van der Waals surface area contributed by atoms with Gasteiger partial charge in [-0.15, -0.1) is 0 Å². The van der Waals surface area contributed by atoms with Crippen molar-refractivity contribution in [2.24, 2.45) is 5.73 Å². The number of nitrogens with two attached hydrogens (primary N) is 1. The second-order valence-corrected chi connectivity index (χ2v) is 3.31. The molecule has 4 heteroatoms. The lowest BCUT2D eigenvalue weighted by Gasteiger charge is -2.13. The number of carbonyl (C=O) groups is 2. The Labute approximate surface area is 98.9 Å². The first-order valence-electron chi connectivity index (χ1n) is 4.96. The number of rotatable bonds is 0. The Morgan fingerprint density at radius 3 is 1.94 bits per heavy atom. The molecular formula is C12H12ClNO2. The van der Waals surface area contributed by atoms with E-state index in [-0.39, 0.29) is 22.3 Å². The van der Waals surface area contributed by atoms with E-state index >= 15 is 0 Å². The Balaban J connectivity index is 0.000000606. The summed E-state index contributed by atoms with van der Waals surface area (Å²) in [5, 5.41) is -0.186. The van der Waals surface area contributed by atoms with E-state index in [4.69, 9.17) is 17.3 Å². The Bertz CT molecular complexity index is 435. The van der Waals surface area contributed by atoms with Gasteiger partial charge in [-0.25, -0.2) is 0 Å². The minimum Gasteiger partial charge on any atom is -0.394 e. The zero-order valence-electron chi connectivity index (χ0n) is 9.08. The van der Waals surface area contributed by atoms with Crippen LogP contribution in [0, 0.1) is 0 Å². The molecule has 3 nitrogen and oxygen atoms in total. The summed E-state index contributed by atoms with van der Waals surface area (Å²) in [6.45, 7) is 4.00. The highest BCUT2D eigenvalue weighted by molar-refractivity contribution is 6.49. The highest BCUT2D eigenvalue weighted by atomic mass is 35.5. The quantitative estimate of drug-likeness (QED) is 0.754. The fraction of sp³-hybridized carbons (Fsp3) is 0.167. The van der Waals surface area contributed by atoms with Gasteiger partial charge in [-0.2, -0.15) is 0 Å². The van der Waals surface area contributed by atoms with Crippen LogP contribution < -0.4 is 5.73 Å². The van der Waals surface area contributed by atoms with Crippen molar-refractivity contribution >= 4 is 23.2 Å². The van der Waals surface area contributed by atoms with Gasteiger partial charge in [0, 0.05) is 11.1 Å². The first kappa shape index (κ1) is 12.5. The maximum Gasteiger partial charge on any atom is 0.211 e. The molecule has 0 unspecified atom stereocenters. The van der Waals surface area contributed by atoms with Crippen LogP contribution in [0.5, 0.6) is 0 Å². The van der Waals surface area contributed by atoms with Gasteiger partial charge < -0.3 is 5.73 Å². The van der Waals surface area contributed by atoms with Crippen molar-refractivity contribution in [1.29, 1.82) is 0 Å². The van der Waals surface area contributed by atoms with Crippen LogP contribution in [0.15, 0.2) is 35.0 Å². The van der Waals surface area contributed by atoms with Crippen LogP contribution >= 0.6 is 11.6 Å². The summed E-state index contributed by atoms with van der Waals surface area (Å²) in [5.74, 6) is -0.774. The van der Waals surface area contributed by atoms with Crippen molar-refractivity contribution in [1.82, 2.24) is 0 Å². The average Bonchev–Trinajstić information content (AvgIpc) is 2.36. The molecule has 0 amide bonds. The van der Waals surface area contributed by atoms with E-state index in [9.17, 15) is 9.59 Å². The Kier molecular flexibility index (Phi) is 3.85. The van der Waals surface area contributed by atoms with Gasteiger partial charge in [-0.1, -0.05) is 49.7 Å². The van der Waals surface area contributed by atoms with E-state index in [1.165, 1.54) is 0 Å². The molecule has 0 bridgehead atoms. The molecule has 2 rings (SSSR count). The lowest BCUT2D eigenvalue weighted by atomic mass is 9.93. The lowest BCUT2D eigenvalue weighted by Crippen LogP contribution is -2.24. The van der Waals surface area contributed by atoms with Gasteiger partial charge in [0.1, 0.15) is 10.7 Å². The maximum atomic E-state index is 11.6. The topological polar surface area (TPSA) is 60.2 Å². The van der Waals surface area contributed by atoms with E-state index in [0.29, 0.717) is 11.1 Å². The van der Waals surface area contributed by atoms with Gasteiger partial charge in [0.15, 0.2) is 0 Å². The van der Waals surface area contributed by atoms with E-state index in [2.05, 4.69) is 0 Å². The number of carbonyl (C=O) groups excluding carboxylic acids is 2. The normalized spacial score (nSPS) is 14.2. The van der Waals surface area contributed by atoms with Gasteiger partial charge >= 0.3 is 0 Å². The Morgan fingerprint density at radius 2 is 1.44 bits per heavy atom. The van der Waals surface area contributed by atoms with Gasteiger partial charge in [-0.05, 0) is 0 Å². The van der Waals surface area contributed by atoms with Crippen LogP contribution in [-0.2, 0) is 0 Å². The molecule has 0 fully saturated rings. The van der Waals surface area contributed by atoms with Crippen molar-refractivity contribution in [3.05, 3.63) is 46.1 Å². The molecule has 0 spiro atoms. The van der Waals surface area contributed by atoms with Crippen LogP contribution in [0.3, 0.4) is 0 Å². The summed E-state index contributed by atoms with van der Waals surface area (Å²) >= 11 is 5.62. The highest BCUT2D eigenvalue weighted by Crippen LogP contribution is 2.25. The summed E-state index contributed by atoms with van der Waals surface area (Å²) in [6.07, 6.45) is 0. The van der Waals surface area contributed by atoms with E-state index in [1.807, 2.05) is 13.8 Å². The van der Waals surface area contributed by atoms with Crippen LogP contribution in [-0.4, -0.2) is 11.6 Å².